The zero-order valence-corrected chi connectivity index (χ0v) is 21.1. The smallest absolute Gasteiger partial charge is 0.231 e. The highest BCUT2D eigenvalue weighted by Gasteiger charge is 2.30. The molecule has 1 atom stereocenters. The Kier molecular flexibility index (Phi) is 8.07. The summed E-state index contributed by atoms with van der Waals surface area (Å²) in [6, 6.07) is 11.5. The molecule has 2 aliphatic heterocycles. The van der Waals surface area contributed by atoms with Gasteiger partial charge in [0.15, 0.2) is 17.3 Å². The molecule has 0 amide bonds. The standard InChI is InChI=1S/C25H27N3O7.ClH/c1-29-18-6-4-15(5-7-18)21-11-20(35-28-21)13-26-12-17-10-19(34-27-17)8-16-9-22(30-2)24-25(23(16)31-3)33-14-32-24;/h4-7,9,11,19,26H,8,10,12-14H2,1-3H3;1H. The molecule has 0 aliphatic carbocycles. The van der Waals surface area contributed by atoms with Crippen molar-refractivity contribution in [1.29, 1.82) is 0 Å². The van der Waals surface area contributed by atoms with Gasteiger partial charge in [0.1, 0.15) is 17.5 Å². The zero-order chi connectivity index (χ0) is 24.2. The maximum absolute atomic E-state index is 5.68. The van der Waals surface area contributed by atoms with Crippen molar-refractivity contribution < 1.29 is 33.0 Å². The van der Waals surface area contributed by atoms with Crippen molar-refractivity contribution in [2.24, 2.45) is 5.16 Å². The molecule has 0 spiro atoms. The molecule has 36 heavy (non-hydrogen) atoms. The van der Waals surface area contributed by atoms with Crippen LogP contribution < -0.4 is 29.0 Å². The Balaban J connectivity index is 0.00000304. The largest absolute Gasteiger partial charge is 0.497 e. The number of halogens is 1. The molecule has 0 saturated heterocycles. The highest BCUT2D eigenvalue weighted by atomic mass is 35.5. The summed E-state index contributed by atoms with van der Waals surface area (Å²) in [5.74, 6) is 3.90. The van der Waals surface area contributed by atoms with Gasteiger partial charge < -0.3 is 38.4 Å². The van der Waals surface area contributed by atoms with E-state index in [1.54, 1.807) is 21.3 Å². The average molecular weight is 518 g/mol. The number of oxime groups is 1. The van der Waals surface area contributed by atoms with Crippen LogP contribution in [0.15, 0.2) is 46.1 Å². The predicted molar refractivity (Wildman–Crippen MR) is 134 cm³/mol. The normalized spacial score (nSPS) is 15.6. The van der Waals surface area contributed by atoms with Gasteiger partial charge in [-0.2, -0.15) is 0 Å². The van der Waals surface area contributed by atoms with Crippen LogP contribution in [-0.4, -0.2) is 51.6 Å². The second kappa shape index (κ2) is 11.4. The van der Waals surface area contributed by atoms with Crippen molar-refractivity contribution in [3.05, 3.63) is 47.7 Å². The molecule has 11 heteroatoms. The number of rotatable bonds is 10. The van der Waals surface area contributed by atoms with E-state index in [1.807, 2.05) is 36.4 Å². The lowest BCUT2D eigenvalue weighted by Crippen LogP contribution is -2.23. The van der Waals surface area contributed by atoms with E-state index >= 15 is 0 Å². The van der Waals surface area contributed by atoms with Crippen molar-refractivity contribution in [2.75, 3.05) is 34.7 Å². The molecule has 0 radical (unpaired) electrons. The Bertz CT molecular complexity index is 1210. The van der Waals surface area contributed by atoms with E-state index in [9.17, 15) is 0 Å². The number of hydrogen-bond acceptors (Lipinski definition) is 10. The van der Waals surface area contributed by atoms with Gasteiger partial charge in [-0.25, -0.2) is 0 Å². The Morgan fingerprint density at radius 3 is 2.53 bits per heavy atom. The second-order valence-corrected chi connectivity index (χ2v) is 8.14. The number of fused-ring (bicyclic) bond motifs is 1. The van der Waals surface area contributed by atoms with E-state index in [0.717, 1.165) is 34.0 Å². The molecule has 0 bridgehead atoms. The first-order valence-corrected chi connectivity index (χ1v) is 11.2. The van der Waals surface area contributed by atoms with Gasteiger partial charge >= 0.3 is 0 Å². The molecule has 1 unspecified atom stereocenters. The molecule has 1 N–H and O–H groups in total. The van der Waals surface area contributed by atoms with Crippen LogP contribution in [0.3, 0.4) is 0 Å². The van der Waals surface area contributed by atoms with Gasteiger partial charge in [0.25, 0.3) is 0 Å². The molecule has 10 nitrogen and oxygen atoms in total. The fourth-order valence-corrected chi connectivity index (χ4v) is 4.16. The third-order valence-corrected chi connectivity index (χ3v) is 5.88. The van der Waals surface area contributed by atoms with Crippen LogP contribution in [0.2, 0.25) is 0 Å². The number of ether oxygens (including phenoxy) is 5. The molecule has 5 rings (SSSR count). The number of methoxy groups -OCH3 is 3. The number of benzene rings is 2. The van der Waals surface area contributed by atoms with Gasteiger partial charge in [0.05, 0.1) is 33.6 Å². The first-order valence-electron chi connectivity index (χ1n) is 11.2. The van der Waals surface area contributed by atoms with Crippen molar-refractivity contribution in [3.8, 4) is 40.0 Å². The number of nitrogens with zero attached hydrogens (tertiary/aromatic N) is 2. The van der Waals surface area contributed by atoms with Crippen molar-refractivity contribution in [1.82, 2.24) is 10.5 Å². The van der Waals surface area contributed by atoms with Crippen LogP contribution in [0.4, 0.5) is 0 Å². The van der Waals surface area contributed by atoms with Gasteiger partial charge in [-0.05, 0) is 30.3 Å². The first kappa shape index (κ1) is 25.5. The van der Waals surface area contributed by atoms with Gasteiger partial charge in [-0.1, -0.05) is 10.3 Å². The molecule has 0 fully saturated rings. The third kappa shape index (κ3) is 5.29. The van der Waals surface area contributed by atoms with E-state index in [4.69, 9.17) is 33.0 Å². The van der Waals surface area contributed by atoms with Crippen LogP contribution in [0, 0.1) is 0 Å². The highest BCUT2D eigenvalue weighted by molar-refractivity contribution is 5.87. The lowest BCUT2D eigenvalue weighted by atomic mass is 10.0. The summed E-state index contributed by atoms with van der Waals surface area (Å²) < 4.78 is 32.8. The minimum Gasteiger partial charge on any atom is -0.497 e. The summed E-state index contributed by atoms with van der Waals surface area (Å²) in [7, 11) is 4.85. The van der Waals surface area contributed by atoms with Gasteiger partial charge in [-0.3, -0.25) is 0 Å². The van der Waals surface area contributed by atoms with Crippen LogP contribution in [0.25, 0.3) is 11.3 Å². The summed E-state index contributed by atoms with van der Waals surface area (Å²) in [5, 5.41) is 11.7. The van der Waals surface area contributed by atoms with Crippen molar-refractivity contribution in [3.63, 3.8) is 0 Å². The summed E-state index contributed by atoms with van der Waals surface area (Å²) in [6.45, 7) is 1.24. The number of aromatic nitrogens is 1. The Labute approximate surface area is 214 Å². The van der Waals surface area contributed by atoms with Crippen LogP contribution in [0.1, 0.15) is 17.7 Å². The van der Waals surface area contributed by atoms with E-state index in [0.29, 0.717) is 48.9 Å². The lowest BCUT2D eigenvalue weighted by molar-refractivity contribution is 0.0853. The Hall–Kier alpha value is -3.63. The highest BCUT2D eigenvalue weighted by Crippen LogP contribution is 2.50. The van der Waals surface area contributed by atoms with E-state index < -0.39 is 0 Å². The molecule has 2 aromatic carbocycles. The lowest BCUT2D eigenvalue weighted by Gasteiger charge is -2.15. The molecule has 3 aromatic rings. The average Bonchev–Trinajstić information content (AvgIpc) is 3.65. The van der Waals surface area contributed by atoms with Gasteiger partial charge in [-0.15, -0.1) is 12.4 Å². The summed E-state index contributed by atoms with van der Waals surface area (Å²) >= 11 is 0. The Morgan fingerprint density at radius 2 is 1.78 bits per heavy atom. The van der Waals surface area contributed by atoms with Gasteiger partial charge in [0.2, 0.25) is 18.3 Å². The topological polar surface area (TPSA) is 106 Å². The van der Waals surface area contributed by atoms with Crippen LogP contribution in [-0.2, 0) is 17.8 Å². The monoisotopic (exact) mass is 517 g/mol. The molecule has 0 saturated carbocycles. The minimum atomic E-state index is -0.113. The first-order chi connectivity index (χ1) is 17.2. The predicted octanol–water partition coefficient (Wildman–Crippen LogP) is 4.00. The molecule has 192 valence electrons. The summed E-state index contributed by atoms with van der Waals surface area (Å²) in [6.07, 6.45) is 1.18. The van der Waals surface area contributed by atoms with E-state index in [2.05, 4.69) is 15.6 Å². The van der Waals surface area contributed by atoms with Crippen molar-refractivity contribution >= 4 is 18.1 Å². The van der Waals surface area contributed by atoms with Crippen LogP contribution >= 0.6 is 12.4 Å². The number of hydrogen-bond donors (Lipinski definition) is 1. The zero-order valence-electron chi connectivity index (χ0n) is 20.2. The maximum Gasteiger partial charge on any atom is 0.231 e. The second-order valence-electron chi connectivity index (χ2n) is 8.14. The summed E-state index contributed by atoms with van der Waals surface area (Å²) in [5.41, 5.74) is 3.58. The van der Waals surface area contributed by atoms with Crippen LogP contribution in [0.5, 0.6) is 28.7 Å². The number of nitrogens with one attached hydrogen (secondary N) is 1. The van der Waals surface area contributed by atoms with Crippen molar-refractivity contribution in [2.45, 2.75) is 25.5 Å². The van der Waals surface area contributed by atoms with E-state index in [-0.39, 0.29) is 25.3 Å². The molecular formula is C25H28ClN3O7. The molecule has 2 aliphatic rings. The minimum absolute atomic E-state index is 0. The molecule has 1 aromatic heterocycles. The summed E-state index contributed by atoms with van der Waals surface area (Å²) in [4.78, 5) is 5.68. The fourth-order valence-electron chi connectivity index (χ4n) is 4.16. The quantitative estimate of drug-likeness (QED) is 0.427. The fraction of sp³-hybridized carbons (Fsp3) is 0.360. The molecule has 3 heterocycles. The molecular weight excluding hydrogens is 490 g/mol. The Morgan fingerprint density at radius 1 is 0.972 bits per heavy atom. The van der Waals surface area contributed by atoms with E-state index in [1.165, 1.54) is 0 Å². The SMILES string of the molecule is COc1ccc(-c2cc(CNCC3=NOC(Cc4cc(OC)c5c(c4OC)OCO5)C3)on2)cc1.Cl. The van der Waals surface area contributed by atoms with Gasteiger partial charge in [0, 0.05) is 36.6 Å². The maximum atomic E-state index is 5.68. The third-order valence-electron chi connectivity index (χ3n) is 5.88.